The molecule has 0 saturated carbocycles. The van der Waals surface area contributed by atoms with Crippen molar-refractivity contribution in [1.29, 1.82) is 0 Å². The molecule has 0 spiro atoms. The molecule has 0 aliphatic carbocycles. The molecule has 0 aromatic heterocycles. The van der Waals surface area contributed by atoms with Gasteiger partial charge in [-0.25, -0.2) is 9.59 Å². The first-order chi connectivity index (χ1) is 7.91. The fourth-order valence-electron chi connectivity index (χ4n) is 1.17. The lowest BCUT2D eigenvalue weighted by Gasteiger charge is -2.08. The molecule has 0 aliphatic heterocycles. The van der Waals surface area contributed by atoms with Crippen LogP contribution in [-0.2, 0) is 16.1 Å². The van der Waals surface area contributed by atoms with Crippen LogP contribution in [-0.4, -0.2) is 22.2 Å². The van der Waals surface area contributed by atoms with Crippen LogP contribution in [0.3, 0.4) is 0 Å². The van der Waals surface area contributed by atoms with E-state index < -0.39 is 11.9 Å². The summed E-state index contributed by atoms with van der Waals surface area (Å²) in [5.74, 6) is -1.84. The molecule has 5 heteroatoms. The summed E-state index contributed by atoms with van der Waals surface area (Å²) in [6.45, 7) is 4.67. The number of esters is 1. The number of phenols is 1. The van der Waals surface area contributed by atoms with E-state index in [1.54, 1.807) is 0 Å². The van der Waals surface area contributed by atoms with Gasteiger partial charge >= 0.3 is 11.9 Å². The second kappa shape index (κ2) is 5.16. The summed E-state index contributed by atoms with van der Waals surface area (Å²) in [4.78, 5) is 22.0. The third-order valence-electron chi connectivity index (χ3n) is 2.03. The number of hydrogen-bond donors (Lipinski definition) is 2. The molecule has 0 saturated heterocycles. The van der Waals surface area contributed by atoms with Gasteiger partial charge in [0.2, 0.25) is 0 Å². The summed E-state index contributed by atoms with van der Waals surface area (Å²) in [6.07, 6.45) is 0. The Bertz CT molecular complexity index is 476. The lowest BCUT2D eigenvalue weighted by molar-refractivity contribution is -0.140. The molecule has 0 fully saturated rings. The number of phenolic OH excluding ortho intramolecular Hbond substituents is 1. The van der Waals surface area contributed by atoms with E-state index in [-0.39, 0.29) is 29.1 Å². The first kappa shape index (κ1) is 12.8. The maximum Gasteiger partial charge on any atom is 0.336 e. The molecule has 0 unspecified atom stereocenters. The summed E-state index contributed by atoms with van der Waals surface area (Å²) in [5, 5.41) is 18.1. The molecule has 0 aliphatic rings. The van der Waals surface area contributed by atoms with E-state index in [4.69, 9.17) is 9.84 Å². The fraction of sp³-hybridized carbons (Fsp3) is 0.167. The van der Waals surface area contributed by atoms with Gasteiger partial charge in [-0.05, 0) is 25.1 Å². The van der Waals surface area contributed by atoms with Gasteiger partial charge in [0.25, 0.3) is 0 Å². The average Bonchev–Trinajstić information content (AvgIpc) is 2.25. The molecule has 17 heavy (non-hydrogen) atoms. The smallest absolute Gasteiger partial charge is 0.336 e. The van der Waals surface area contributed by atoms with E-state index >= 15 is 0 Å². The van der Waals surface area contributed by atoms with E-state index in [1.807, 2.05) is 0 Å². The number of aromatic carboxylic acids is 1. The topological polar surface area (TPSA) is 83.8 Å². The number of aromatic hydroxyl groups is 1. The van der Waals surface area contributed by atoms with Crippen LogP contribution in [0.15, 0.2) is 30.4 Å². The second-order valence-corrected chi connectivity index (χ2v) is 3.50. The minimum absolute atomic E-state index is 0.0164. The lowest BCUT2D eigenvalue weighted by Crippen LogP contribution is -2.08. The Morgan fingerprint density at radius 2 is 2.06 bits per heavy atom. The number of carbonyl (C=O) groups is 2. The predicted molar refractivity (Wildman–Crippen MR) is 59.7 cm³/mol. The van der Waals surface area contributed by atoms with E-state index in [9.17, 15) is 14.7 Å². The zero-order valence-corrected chi connectivity index (χ0v) is 9.27. The largest absolute Gasteiger partial charge is 0.508 e. The molecule has 0 radical (unpaired) electrons. The Balaban J connectivity index is 2.89. The van der Waals surface area contributed by atoms with Crippen molar-refractivity contribution in [3.63, 3.8) is 0 Å². The standard InChI is InChI=1S/C12H12O5/c1-7(2)12(16)17-6-8-5-9(13)3-4-10(8)11(14)15/h3-5,13H,1,6H2,2H3,(H,14,15). The van der Waals surface area contributed by atoms with Gasteiger partial charge in [-0.1, -0.05) is 6.58 Å². The van der Waals surface area contributed by atoms with Crippen molar-refractivity contribution in [3.8, 4) is 5.75 Å². The molecule has 1 rings (SSSR count). The Hall–Kier alpha value is -2.30. The Labute approximate surface area is 98.0 Å². The van der Waals surface area contributed by atoms with Gasteiger partial charge in [0.05, 0.1) is 5.56 Å². The van der Waals surface area contributed by atoms with Crippen molar-refractivity contribution < 1.29 is 24.5 Å². The highest BCUT2D eigenvalue weighted by atomic mass is 16.5. The van der Waals surface area contributed by atoms with Crippen LogP contribution in [0, 0.1) is 0 Å². The van der Waals surface area contributed by atoms with Gasteiger partial charge in [-0.2, -0.15) is 0 Å². The van der Waals surface area contributed by atoms with Crippen molar-refractivity contribution in [2.45, 2.75) is 13.5 Å². The molecule has 0 bridgehead atoms. The molecule has 90 valence electrons. The van der Waals surface area contributed by atoms with Crippen molar-refractivity contribution in [3.05, 3.63) is 41.5 Å². The predicted octanol–water partition coefficient (Wildman–Crippen LogP) is 1.71. The minimum Gasteiger partial charge on any atom is -0.508 e. The van der Waals surface area contributed by atoms with Crippen LogP contribution in [0.25, 0.3) is 0 Å². The number of carboxylic acid groups (broad SMARTS) is 1. The summed E-state index contributed by atoms with van der Waals surface area (Å²) in [5.41, 5.74) is 0.437. The minimum atomic E-state index is -1.15. The Kier molecular flexibility index (Phi) is 3.87. The van der Waals surface area contributed by atoms with Crippen LogP contribution in [0.1, 0.15) is 22.8 Å². The van der Waals surface area contributed by atoms with Gasteiger partial charge in [0, 0.05) is 11.1 Å². The lowest BCUT2D eigenvalue weighted by atomic mass is 10.1. The van der Waals surface area contributed by atoms with E-state index in [1.165, 1.54) is 25.1 Å². The van der Waals surface area contributed by atoms with Crippen LogP contribution in [0.2, 0.25) is 0 Å². The summed E-state index contributed by atoms with van der Waals surface area (Å²) < 4.78 is 4.82. The van der Waals surface area contributed by atoms with Crippen LogP contribution >= 0.6 is 0 Å². The number of hydrogen-bond acceptors (Lipinski definition) is 4. The van der Waals surface area contributed by atoms with Gasteiger partial charge in [-0.3, -0.25) is 0 Å². The molecular weight excluding hydrogens is 224 g/mol. The van der Waals surface area contributed by atoms with Gasteiger partial charge in [-0.15, -0.1) is 0 Å². The maximum absolute atomic E-state index is 11.2. The first-order valence-corrected chi connectivity index (χ1v) is 4.79. The summed E-state index contributed by atoms with van der Waals surface area (Å²) in [7, 11) is 0. The first-order valence-electron chi connectivity index (χ1n) is 4.79. The number of benzene rings is 1. The van der Waals surface area contributed by atoms with Crippen molar-refractivity contribution in [2.24, 2.45) is 0 Å². The van der Waals surface area contributed by atoms with Crippen molar-refractivity contribution in [1.82, 2.24) is 0 Å². The molecule has 5 nitrogen and oxygen atoms in total. The quantitative estimate of drug-likeness (QED) is 0.614. The van der Waals surface area contributed by atoms with E-state index in [0.717, 1.165) is 0 Å². The van der Waals surface area contributed by atoms with Crippen LogP contribution in [0.4, 0.5) is 0 Å². The molecular formula is C12H12O5. The van der Waals surface area contributed by atoms with Crippen LogP contribution < -0.4 is 0 Å². The monoisotopic (exact) mass is 236 g/mol. The third-order valence-corrected chi connectivity index (χ3v) is 2.03. The van der Waals surface area contributed by atoms with Gasteiger partial charge in [0.15, 0.2) is 0 Å². The summed E-state index contributed by atoms with van der Waals surface area (Å²) >= 11 is 0. The van der Waals surface area contributed by atoms with Gasteiger partial charge < -0.3 is 14.9 Å². The normalized spacial score (nSPS) is 9.71. The molecule has 2 N–H and O–H groups in total. The highest BCUT2D eigenvalue weighted by Crippen LogP contribution is 2.18. The number of ether oxygens (including phenoxy) is 1. The van der Waals surface area contributed by atoms with E-state index in [0.29, 0.717) is 0 Å². The SMILES string of the molecule is C=C(C)C(=O)OCc1cc(O)ccc1C(=O)O. The number of carbonyl (C=O) groups excluding carboxylic acids is 1. The van der Waals surface area contributed by atoms with Crippen molar-refractivity contribution >= 4 is 11.9 Å². The molecule has 1 aromatic carbocycles. The second-order valence-electron chi connectivity index (χ2n) is 3.50. The number of rotatable bonds is 4. The highest BCUT2D eigenvalue weighted by Gasteiger charge is 2.12. The average molecular weight is 236 g/mol. The van der Waals surface area contributed by atoms with E-state index in [2.05, 4.69) is 6.58 Å². The third kappa shape index (κ3) is 3.34. The maximum atomic E-state index is 11.2. The molecule has 0 atom stereocenters. The Morgan fingerprint density at radius 1 is 1.41 bits per heavy atom. The van der Waals surface area contributed by atoms with Crippen LogP contribution in [0.5, 0.6) is 5.75 Å². The van der Waals surface area contributed by atoms with Gasteiger partial charge in [0.1, 0.15) is 12.4 Å². The zero-order chi connectivity index (χ0) is 13.0. The highest BCUT2D eigenvalue weighted by molar-refractivity contribution is 5.90. The Morgan fingerprint density at radius 3 is 2.59 bits per heavy atom. The molecule has 0 heterocycles. The zero-order valence-electron chi connectivity index (χ0n) is 9.27. The molecule has 0 amide bonds. The fourth-order valence-corrected chi connectivity index (χ4v) is 1.17. The molecule has 1 aromatic rings. The number of carboxylic acids is 1. The summed E-state index contributed by atoms with van der Waals surface area (Å²) in [6, 6.07) is 3.75. The van der Waals surface area contributed by atoms with Crippen molar-refractivity contribution in [2.75, 3.05) is 0 Å².